The van der Waals surface area contributed by atoms with Crippen molar-refractivity contribution in [3.8, 4) is 0 Å². The molecular weight excluding hydrogens is 224 g/mol. The maximum atomic E-state index is 12.2. The van der Waals surface area contributed by atoms with Crippen molar-refractivity contribution in [2.45, 2.75) is 31.7 Å². The standard InChI is InChI=1S/C12H20N2O.ClH/c1-2-8-14(11-5-6-11)12(15)10-4-3-7-13-9-10;/h2,10-11,13H,1,3-9H2;1H. The van der Waals surface area contributed by atoms with Crippen molar-refractivity contribution >= 4 is 18.3 Å². The van der Waals surface area contributed by atoms with E-state index < -0.39 is 0 Å². The van der Waals surface area contributed by atoms with E-state index in [9.17, 15) is 4.79 Å². The molecule has 0 aromatic heterocycles. The molecule has 1 saturated carbocycles. The zero-order chi connectivity index (χ0) is 10.7. The molecule has 0 spiro atoms. The Morgan fingerprint density at radius 3 is 2.69 bits per heavy atom. The summed E-state index contributed by atoms with van der Waals surface area (Å²) >= 11 is 0. The number of hydrogen-bond acceptors (Lipinski definition) is 2. The summed E-state index contributed by atoms with van der Waals surface area (Å²) in [5.41, 5.74) is 0. The average molecular weight is 245 g/mol. The lowest BCUT2D eigenvalue weighted by Crippen LogP contribution is -2.44. The van der Waals surface area contributed by atoms with Crippen molar-refractivity contribution in [3.63, 3.8) is 0 Å². The molecule has 1 atom stereocenters. The zero-order valence-electron chi connectivity index (χ0n) is 9.65. The minimum atomic E-state index is 0. The fourth-order valence-electron chi connectivity index (χ4n) is 2.24. The first kappa shape index (κ1) is 13.5. The van der Waals surface area contributed by atoms with Crippen LogP contribution in [0.3, 0.4) is 0 Å². The highest BCUT2D eigenvalue weighted by molar-refractivity contribution is 5.85. The zero-order valence-corrected chi connectivity index (χ0v) is 10.5. The summed E-state index contributed by atoms with van der Waals surface area (Å²) in [4.78, 5) is 14.2. The van der Waals surface area contributed by atoms with Crippen LogP contribution in [0.5, 0.6) is 0 Å². The van der Waals surface area contributed by atoms with Gasteiger partial charge in [-0.2, -0.15) is 0 Å². The lowest BCUT2D eigenvalue weighted by Gasteiger charge is -2.29. The number of halogens is 1. The number of hydrogen-bond donors (Lipinski definition) is 1. The summed E-state index contributed by atoms with van der Waals surface area (Å²) in [6.45, 7) is 6.38. The molecule has 0 aromatic rings. The molecule has 1 N–H and O–H groups in total. The lowest BCUT2D eigenvalue weighted by atomic mass is 9.98. The Kier molecular flexibility index (Phi) is 5.29. The molecule has 92 valence electrons. The first-order valence-electron chi connectivity index (χ1n) is 5.95. The van der Waals surface area contributed by atoms with Crippen LogP contribution in [-0.4, -0.2) is 36.5 Å². The summed E-state index contributed by atoms with van der Waals surface area (Å²) < 4.78 is 0. The SMILES string of the molecule is C=CCN(C(=O)C1CCCNC1)C1CC1.Cl. The van der Waals surface area contributed by atoms with E-state index in [0.29, 0.717) is 11.9 Å². The predicted octanol–water partition coefficient (Wildman–Crippen LogP) is 1.58. The second-order valence-electron chi connectivity index (χ2n) is 4.55. The van der Waals surface area contributed by atoms with Gasteiger partial charge in [-0.3, -0.25) is 4.79 Å². The lowest BCUT2D eigenvalue weighted by molar-refractivity contribution is -0.136. The summed E-state index contributed by atoms with van der Waals surface area (Å²) in [7, 11) is 0. The van der Waals surface area contributed by atoms with Gasteiger partial charge in [0.15, 0.2) is 0 Å². The number of rotatable bonds is 4. The number of nitrogens with one attached hydrogen (secondary N) is 1. The van der Waals surface area contributed by atoms with Crippen LogP contribution in [0.1, 0.15) is 25.7 Å². The molecule has 4 heteroatoms. The van der Waals surface area contributed by atoms with E-state index in [-0.39, 0.29) is 18.3 Å². The van der Waals surface area contributed by atoms with Crippen LogP contribution in [-0.2, 0) is 4.79 Å². The van der Waals surface area contributed by atoms with E-state index in [2.05, 4.69) is 11.9 Å². The van der Waals surface area contributed by atoms with E-state index in [1.807, 2.05) is 11.0 Å². The first-order valence-corrected chi connectivity index (χ1v) is 5.95. The molecular formula is C12H21ClN2O. The molecule has 1 aliphatic carbocycles. The minimum Gasteiger partial charge on any atom is -0.336 e. The summed E-state index contributed by atoms with van der Waals surface area (Å²) in [5, 5.41) is 3.30. The van der Waals surface area contributed by atoms with Gasteiger partial charge in [0.2, 0.25) is 5.91 Å². The van der Waals surface area contributed by atoms with Gasteiger partial charge in [0, 0.05) is 19.1 Å². The van der Waals surface area contributed by atoms with Gasteiger partial charge in [-0.25, -0.2) is 0 Å². The van der Waals surface area contributed by atoms with Crippen molar-refractivity contribution in [2.24, 2.45) is 5.92 Å². The van der Waals surface area contributed by atoms with Crippen LogP contribution in [0.4, 0.5) is 0 Å². The molecule has 0 bridgehead atoms. The second kappa shape index (κ2) is 6.26. The molecule has 2 aliphatic rings. The molecule has 0 radical (unpaired) electrons. The van der Waals surface area contributed by atoms with Gasteiger partial charge in [-0.05, 0) is 32.2 Å². The van der Waals surface area contributed by atoms with E-state index in [0.717, 1.165) is 32.5 Å². The molecule has 1 aliphatic heterocycles. The van der Waals surface area contributed by atoms with Gasteiger partial charge in [0.1, 0.15) is 0 Å². The predicted molar refractivity (Wildman–Crippen MR) is 67.8 cm³/mol. The smallest absolute Gasteiger partial charge is 0.227 e. The molecule has 16 heavy (non-hydrogen) atoms. The Morgan fingerprint density at radius 2 is 2.19 bits per heavy atom. The van der Waals surface area contributed by atoms with Crippen molar-refractivity contribution in [2.75, 3.05) is 19.6 Å². The number of nitrogens with zero attached hydrogens (tertiary/aromatic N) is 1. The van der Waals surface area contributed by atoms with Crippen molar-refractivity contribution in [3.05, 3.63) is 12.7 Å². The highest BCUT2D eigenvalue weighted by atomic mass is 35.5. The quantitative estimate of drug-likeness (QED) is 0.762. The molecule has 1 unspecified atom stereocenters. The maximum absolute atomic E-state index is 12.2. The highest BCUT2D eigenvalue weighted by Crippen LogP contribution is 2.29. The van der Waals surface area contributed by atoms with Crippen molar-refractivity contribution < 1.29 is 4.79 Å². The van der Waals surface area contributed by atoms with E-state index >= 15 is 0 Å². The number of amides is 1. The monoisotopic (exact) mass is 244 g/mol. The largest absolute Gasteiger partial charge is 0.336 e. The van der Waals surface area contributed by atoms with Gasteiger partial charge in [-0.15, -0.1) is 19.0 Å². The topological polar surface area (TPSA) is 32.3 Å². The van der Waals surface area contributed by atoms with Gasteiger partial charge in [0.05, 0.1) is 5.92 Å². The van der Waals surface area contributed by atoms with E-state index in [1.54, 1.807) is 0 Å². The Hall–Kier alpha value is -0.540. The van der Waals surface area contributed by atoms with Crippen LogP contribution < -0.4 is 5.32 Å². The fourth-order valence-corrected chi connectivity index (χ4v) is 2.24. The molecule has 3 nitrogen and oxygen atoms in total. The van der Waals surface area contributed by atoms with Gasteiger partial charge in [-0.1, -0.05) is 6.08 Å². The average Bonchev–Trinajstić information content (AvgIpc) is 3.10. The van der Waals surface area contributed by atoms with E-state index in [4.69, 9.17) is 0 Å². The third kappa shape index (κ3) is 3.22. The van der Waals surface area contributed by atoms with Gasteiger partial charge in [0.25, 0.3) is 0 Å². The highest BCUT2D eigenvalue weighted by Gasteiger charge is 2.35. The summed E-state index contributed by atoms with van der Waals surface area (Å²) in [6.07, 6.45) is 6.38. The molecule has 1 heterocycles. The number of carbonyl (C=O) groups is 1. The Labute approximate surface area is 104 Å². The van der Waals surface area contributed by atoms with Crippen LogP contribution in [0.15, 0.2) is 12.7 Å². The minimum absolute atomic E-state index is 0. The molecule has 1 saturated heterocycles. The Bertz CT molecular complexity index is 247. The summed E-state index contributed by atoms with van der Waals surface area (Å²) in [5.74, 6) is 0.545. The third-order valence-corrected chi connectivity index (χ3v) is 3.24. The molecule has 2 rings (SSSR count). The summed E-state index contributed by atoms with van der Waals surface area (Å²) in [6, 6.07) is 0.512. The van der Waals surface area contributed by atoms with E-state index in [1.165, 1.54) is 12.8 Å². The van der Waals surface area contributed by atoms with Gasteiger partial charge >= 0.3 is 0 Å². The molecule has 0 aromatic carbocycles. The molecule has 1 amide bonds. The third-order valence-electron chi connectivity index (χ3n) is 3.24. The van der Waals surface area contributed by atoms with Crippen molar-refractivity contribution in [1.29, 1.82) is 0 Å². The molecule has 2 fully saturated rings. The van der Waals surface area contributed by atoms with Crippen LogP contribution in [0.2, 0.25) is 0 Å². The van der Waals surface area contributed by atoms with Crippen LogP contribution in [0, 0.1) is 5.92 Å². The van der Waals surface area contributed by atoms with Crippen LogP contribution >= 0.6 is 12.4 Å². The van der Waals surface area contributed by atoms with Gasteiger partial charge < -0.3 is 10.2 Å². The number of piperidine rings is 1. The first-order chi connectivity index (χ1) is 7.33. The second-order valence-corrected chi connectivity index (χ2v) is 4.55. The Morgan fingerprint density at radius 1 is 1.44 bits per heavy atom. The maximum Gasteiger partial charge on any atom is 0.227 e. The Balaban J connectivity index is 0.00000128. The van der Waals surface area contributed by atoms with Crippen LogP contribution in [0.25, 0.3) is 0 Å². The fraction of sp³-hybridized carbons (Fsp3) is 0.750. The number of carbonyl (C=O) groups excluding carboxylic acids is 1. The van der Waals surface area contributed by atoms with Crippen molar-refractivity contribution in [1.82, 2.24) is 10.2 Å². The normalized spacial score (nSPS) is 24.4.